The molecule has 0 aromatic heterocycles. The van der Waals surface area contributed by atoms with E-state index in [1.807, 2.05) is 90.6 Å². The van der Waals surface area contributed by atoms with E-state index in [1.54, 1.807) is 14.2 Å². The van der Waals surface area contributed by atoms with Crippen LogP contribution in [0.25, 0.3) is 0 Å². The van der Waals surface area contributed by atoms with Gasteiger partial charge in [-0.15, -0.1) is 0 Å². The highest BCUT2D eigenvalue weighted by molar-refractivity contribution is 8.00. The van der Waals surface area contributed by atoms with Crippen LogP contribution in [-0.2, 0) is 19.9 Å². The lowest BCUT2D eigenvalue weighted by atomic mass is 9.80. The van der Waals surface area contributed by atoms with Crippen molar-refractivity contribution < 1.29 is 33.6 Å². The summed E-state index contributed by atoms with van der Waals surface area (Å²) in [6.07, 6.45) is 5.39. The number of aliphatic hydroxyl groups is 1. The van der Waals surface area contributed by atoms with E-state index >= 15 is 0 Å². The summed E-state index contributed by atoms with van der Waals surface area (Å²) >= 11 is 1.91. The van der Waals surface area contributed by atoms with E-state index in [0.717, 1.165) is 72.5 Å². The number of unbranched alkanes of at least 4 members (excludes halogenated alkanes) is 3. The van der Waals surface area contributed by atoms with Gasteiger partial charge < -0.3 is 40.0 Å². The monoisotopic (exact) mass is 705 g/mol. The quantitative estimate of drug-likeness (QED) is 0.0660. The number of benzene rings is 3. The Morgan fingerprint density at radius 2 is 1.54 bits per heavy atom. The smallest absolute Gasteiger partial charge is 0.315 e. The molecule has 4 atom stereocenters. The molecule has 11 heteroatoms. The second-order valence-corrected chi connectivity index (χ2v) is 14.0. The molecule has 3 aromatic carbocycles. The van der Waals surface area contributed by atoms with Crippen molar-refractivity contribution in [3.8, 4) is 11.5 Å². The second-order valence-electron chi connectivity index (χ2n) is 12.8. The summed E-state index contributed by atoms with van der Waals surface area (Å²) in [5, 5.41) is 19.7. The van der Waals surface area contributed by atoms with Crippen LogP contribution in [0.2, 0.25) is 0 Å². The van der Waals surface area contributed by atoms with Gasteiger partial charge in [-0.2, -0.15) is 11.8 Å². The van der Waals surface area contributed by atoms with Gasteiger partial charge in [0.1, 0.15) is 23.2 Å². The van der Waals surface area contributed by atoms with E-state index in [0.29, 0.717) is 24.8 Å². The molecule has 4 N–H and O–H groups in total. The van der Waals surface area contributed by atoms with Crippen LogP contribution in [0.5, 0.6) is 11.5 Å². The summed E-state index contributed by atoms with van der Waals surface area (Å²) in [5.74, 6) is 2.53. The molecule has 1 unspecified atom stereocenters. The number of aliphatic hydroxyl groups excluding tert-OH is 1. The number of rotatable bonds is 21. The number of methoxy groups -OCH3 is 2. The fourth-order valence-corrected chi connectivity index (χ4v) is 8.23. The third-order valence-corrected chi connectivity index (χ3v) is 10.9. The van der Waals surface area contributed by atoms with E-state index < -0.39 is 11.7 Å². The van der Waals surface area contributed by atoms with Crippen molar-refractivity contribution >= 4 is 23.7 Å². The minimum Gasteiger partial charge on any atom is -0.497 e. The van der Waals surface area contributed by atoms with Gasteiger partial charge in [-0.3, -0.25) is 4.79 Å². The molecule has 0 spiro atoms. The number of hydrogen-bond donors (Lipinski definition) is 4. The number of amides is 3. The number of urea groups is 1. The maximum atomic E-state index is 12.3. The van der Waals surface area contributed by atoms with Crippen LogP contribution in [0.15, 0.2) is 78.9 Å². The van der Waals surface area contributed by atoms with Gasteiger partial charge in [0, 0.05) is 30.6 Å². The number of hydrogen-bond acceptors (Lipinski definition) is 8. The summed E-state index contributed by atoms with van der Waals surface area (Å²) in [6, 6.07) is 26.1. The normalized spacial score (nSPS) is 18.9. The largest absolute Gasteiger partial charge is 0.497 e. The Morgan fingerprint density at radius 3 is 2.18 bits per heavy atom. The summed E-state index contributed by atoms with van der Waals surface area (Å²) < 4.78 is 23.8. The molecule has 2 saturated heterocycles. The summed E-state index contributed by atoms with van der Waals surface area (Å²) in [5.41, 5.74) is 1.78. The Balaban J connectivity index is 1.07. The standard InChI is InChI=1S/C39H51N3O7S/c1-46-31-19-15-29(16-20-31)39(28-11-5-3-6-12-28,30-17-21-32(47-2)22-18-30)49-26-33(25-43)48-24-10-4-9-23-40-36(44)14-8-7-13-35-37-34(27-50-35)41-38(45)42-37/h3,5-6,11-12,15-22,33-35,37,43H,4,7-10,13-14,23-27H2,1-2H3,(H,40,44)(H2,41,42,45)/t33?,34-,35-,37-/m0/s1. The maximum Gasteiger partial charge on any atom is 0.315 e. The van der Waals surface area contributed by atoms with E-state index in [-0.39, 0.29) is 37.2 Å². The van der Waals surface area contributed by atoms with Crippen molar-refractivity contribution in [2.45, 2.75) is 74.0 Å². The van der Waals surface area contributed by atoms with Crippen molar-refractivity contribution in [3.63, 3.8) is 0 Å². The highest BCUT2D eigenvalue weighted by Gasteiger charge is 2.42. The van der Waals surface area contributed by atoms with Gasteiger partial charge in [-0.05, 0) is 73.1 Å². The zero-order chi connectivity index (χ0) is 35.2. The van der Waals surface area contributed by atoms with Crippen LogP contribution in [-0.4, -0.2) is 86.8 Å². The lowest BCUT2D eigenvalue weighted by molar-refractivity contribution is -0.121. The van der Waals surface area contributed by atoms with E-state index in [1.165, 1.54) is 0 Å². The maximum absolute atomic E-state index is 12.3. The molecule has 2 heterocycles. The van der Waals surface area contributed by atoms with Crippen LogP contribution in [0.4, 0.5) is 4.79 Å². The molecule has 3 amide bonds. The highest BCUT2D eigenvalue weighted by atomic mass is 32.2. The summed E-state index contributed by atoms with van der Waals surface area (Å²) in [4.78, 5) is 23.9. The first-order chi connectivity index (χ1) is 24.5. The fraction of sp³-hybridized carbons (Fsp3) is 0.487. The van der Waals surface area contributed by atoms with E-state index in [2.05, 4.69) is 16.0 Å². The zero-order valence-corrected chi connectivity index (χ0v) is 29.9. The zero-order valence-electron chi connectivity index (χ0n) is 29.1. The van der Waals surface area contributed by atoms with Gasteiger partial charge in [-0.1, -0.05) is 61.0 Å². The fourth-order valence-electron chi connectivity index (χ4n) is 6.69. The topological polar surface area (TPSA) is 127 Å². The number of carbonyl (C=O) groups is 2. The average molecular weight is 706 g/mol. The van der Waals surface area contributed by atoms with Gasteiger partial charge >= 0.3 is 6.03 Å². The van der Waals surface area contributed by atoms with Gasteiger partial charge in [0.05, 0.1) is 39.5 Å². The van der Waals surface area contributed by atoms with Crippen LogP contribution in [0.3, 0.4) is 0 Å². The Labute approximate surface area is 300 Å². The molecule has 2 fully saturated rings. The van der Waals surface area contributed by atoms with Crippen molar-refractivity contribution in [1.29, 1.82) is 0 Å². The number of thioether (sulfide) groups is 1. The Morgan fingerprint density at radius 1 is 0.880 bits per heavy atom. The van der Waals surface area contributed by atoms with E-state index in [4.69, 9.17) is 18.9 Å². The first-order valence-corrected chi connectivity index (χ1v) is 18.7. The molecular formula is C39H51N3O7S. The Hall–Kier alpha value is -3.77. The molecule has 2 aliphatic rings. The Bertz CT molecular complexity index is 1430. The first kappa shape index (κ1) is 37.5. The average Bonchev–Trinajstić information content (AvgIpc) is 3.72. The van der Waals surface area contributed by atoms with Crippen LogP contribution < -0.4 is 25.4 Å². The SMILES string of the molecule is COc1ccc(C(OCC(CO)OCCCCCNC(=O)CCCC[C@@H]2SC[C@@H]3NC(=O)N[C@@H]32)(c2ccccc2)c2ccc(OC)cc2)cc1. The molecule has 0 saturated carbocycles. The predicted molar refractivity (Wildman–Crippen MR) is 196 cm³/mol. The van der Waals surface area contributed by atoms with Crippen molar-refractivity contribution in [2.75, 3.05) is 46.3 Å². The van der Waals surface area contributed by atoms with Crippen molar-refractivity contribution in [3.05, 3.63) is 95.6 Å². The molecule has 0 bridgehead atoms. The minimum atomic E-state index is -0.988. The molecule has 10 nitrogen and oxygen atoms in total. The van der Waals surface area contributed by atoms with Gasteiger partial charge in [0.2, 0.25) is 5.91 Å². The molecular weight excluding hydrogens is 655 g/mol. The molecule has 2 aliphatic heterocycles. The van der Waals surface area contributed by atoms with E-state index in [9.17, 15) is 14.7 Å². The van der Waals surface area contributed by atoms with Crippen LogP contribution in [0.1, 0.15) is 61.6 Å². The van der Waals surface area contributed by atoms with Crippen LogP contribution in [0, 0.1) is 0 Å². The molecule has 3 aromatic rings. The minimum absolute atomic E-state index is 0.0603. The lowest BCUT2D eigenvalue weighted by Gasteiger charge is -2.37. The molecule has 0 radical (unpaired) electrons. The Kier molecular flexibility index (Phi) is 14.2. The molecule has 50 heavy (non-hydrogen) atoms. The number of carbonyl (C=O) groups excluding carboxylic acids is 2. The van der Waals surface area contributed by atoms with Crippen molar-refractivity contribution in [1.82, 2.24) is 16.0 Å². The third kappa shape index (κ3) is 9.72. The van der Waals surface area contributed by atoms with Crippen molar-refractivity contribution in [2.24, 2.45) is 0 Å². The highest BCUT2D eigenvalue weighted by Crippen LogP contribution is 2.42. The molecule has 5 rings (SSSR count). The summed E-state index contributed by atoms with van der Waals surface area (Å²) in [6.45, 7) is 1.08. The van der Waals surface area contributed by atoms with Crippen LogP contribution >= 0.6 is 11.8 Å². The number of fused-ring (bicyclic) bond motifs is 1. The molecule has 0 aliphatic carbocycles. The predicted octanol–water partition coefficient (Wildman–Crippen LogP) is 5.40. The van der Waals surface area contributed by atoms with Gasteiger partial charge in [0.25, 0.3) is 0 Å². The number of nitrogens with one attached hydrogen (secondary N) is 3. The third-order valence-electron chi connectivity index (χ3n) is 9.44. The molecule has 270 valence electrons. The van der Waals surface area contributed by atoms with Gasteiger partial charge in [-0.25, -0.2) is 4.79 Å². The number of ether oxygens (including phenoxy) is 4. The van der Waals surface area contributed by atoms with Gasteiger partial charge in [0.15, 0.2) is 0 Å². The first-order valence-electron chi connectivity index (χ1n) is 17.6. The lowest BCUT2D eigenvalue weighted by Crippen LogP contribution is -2.37. The second kappa shape index (κ2) is 19.0. The summed E-state index contributed by atoms with van der Waals surface area (Å²) in [7, 11) is 3.29.